The van der Waals surface area contributed by atoms with Crippen LogP contribution in [0.1, 0.15) is 11.1 Å². The molecule has 0 unspecified atom stereocenters. The van der Waals surface area contributed by atoms with E-state index in [2.05, 4.69) is 35.3 Å². The maximum Gasteiger partial charge on any atom is 0.221 e. The summed E-state index contributed by atoms with van der Waals surface area (Å²) in [6.07, 6.45) is 5.03. The number of allylic oxidation sites excluding steroid dienone is 1. The van der Waals surface area contributed by atoms with Crippen molar-refractivity contribution in [2.75, 3.05) is 13.7 Å². The Morgan fingerprint density at radius 1 is 0.815 bits per heavy atom. The first-order chi connectivity index (χ1) is 13.3. The standard InChI is InChI=1S/C24H23NO2/c1-26-23-17-15-22(16-18-23)25-24(21-13-6-3-7-14-21)27-19-9-8-12-20-10-4-2-5-11-20/h2-11,13-18H,12,19H2,1H3/b9-8-,25-24?. The number of aliphatic imine (C=N–C) groups is 1. The first-order valence-corrected chi connectivity index (χ1v) is 8.95. The molecule has 0 aliphatic carbocycles. The molecule has 3 aromatic carbocycles. The Hall–Kier alpha value is -3.33. The van der Waals surface area contributed by atoms with Gasteiger partial charge in [0.15, 0.2) is 0 Å². The maximum absolute atomic E-state index is 5.96. The van der Waals surface area contributed by atoms with Crippen molar-refractivity contribution in [2.45, 2.75) is 6.42 Å². The van der Waals surface area contributed by atoms with Crippen molar-refractivity contribution in [3.63, 3.8) is 0 Å². The number of hydrogen-bond acceptors (Lipinski definition) is 3. The molecule has 3 rings (SSSR count). The zero-order valence-electron chi connectivity index (χ0n) is 15.4. The largest absolute Gasteiger partial charge is 0.497 e. The molecule has 3 heteroatoms. The molecule has 3 nitrogen and oxygen atoms in total. The minimum atomic E-state index is 0.469. The van der Waals surface area contributed by atoms with E-state index in [1.165, 1.54) is 5.56 Å². The number of nitrogens with zero attached hydrogens (tertiary/aromatic N) is 1. The molecular formula is C24H23NO2. The van der Waals surface area contributed by atoms with Crippen LogP contribution in [0.5, 0.6) is 5.75 Å². The van der Waals surface area contributed by atoms with Crippen LogP contribution in [-0.4, -0.2) is 19.6 Å². The van der Waals surface area contributed by atoms with Gasteiger partial charge in [0.2, 0.25) is 5.90 Å². The van der Waals surface area contributed by atoms with Gasteiger partial charge in [0.1, 0.15) is 12.4 Å². The molecule has 27 heavy (non-hydrogen) atoms. The van der Waals surface area contributed by atoms with Crippen LogP contribution in [0.2, 0.25) is 0 Å². The fraction of sp³-hybridized carbons (Fsp3) is 0.125. The molecule has 0 aliphatic heterocycles. The summed E-state index contributed by atoms with van der Waals surface area (Å²) in [6, 6.07) is 27.9. The van der Waals surface area contributed by atoms with Gasteiger partial charge in [-0.25, -0.2) is 4.99 Å². The van der Waals surface area contributed by atoms with Gasteiger partial charge in [0, 0.05) is 5.56 Å². The predicted molar refractivity (Wildman–Crippen MR) is 111 cm³/mol. The highest BCUT2D eigenvalue weighted by molar-refractivity contribution is 5.95. The van der Waals surface area contributed by atoms with Crippen molar-refractivity contribution < 1.29 is 9.47 Å². The van der Waals surface area contributed by atoms with E-state index in [9.17, 15) is 0 Å². The van der Waals surface area contributed by atoms with Crippen LogP contribution in [0, 0.1) is 0 Å². The molecule has 0 heterocycles. The van der Waals surface area contributed by atoms with Crippen LogP contribution in [0.3, 0.4) is 0 Å². The van der Waals surface area contributed by atoms with E-state index in [0.29, 0.717) is 12.5 Å². The third-order valence-electron chi connectivity index (χ3n) is 4.00. The zero-order chi connectivity index (χ0) is 18.7. The molecular weight excluding hydrogens is 334 g/mol. The van der Waals surface area contributed by atoms with E-state index >= 15 is 0 Å². The molecule has 0 saturated carbocycles. The smallest absolute Gasteiger partial charge is 0.221 e. The Morgan fingerprint density at radius 2 is 1.48 bits per heavy atom. The topological polar surface area (TPSA) is 30.8 Å². The van der Waals surface area contributed by atoms with E-state index in [0.717, 1.165) is 23.4 Å². The Labute approximate surface area is 160 Å². The molecule has 0 aromatic heterocycles. The Kier molecular flexibility index (Phi) is 6.82. The Bertz CT molecular complexity index is 869. The monoisotopic (exact) mass is 357 g/mol. The zero-order valence-corrected chi connectivity index (χ0v) is 15.4. The lowest BCUT2D eigenvalue weighted by Crippen LogP contribution is -2.06. The summed E-state index contributed by atoms with van der Waals surface area (Å²) in [6.45, 7) is 0.469. The molecule has 3 aromatic rings. The summed E-state index contributed by atoms with van der Waals surface area (Å²) in [5.74, 6) is 1.41. The second-order valence-electron chi connectivity index (χ2n) is 5.95. The second-order valence-corrected chi connectivity index (χ2v) is 5.95. The molecule has 136 valence electrons. The van der Waals surface area contributed by atoms with Gasteiger partial charge in [0.25, 0.3) is 0 Å². The van der Waals surface area contributed by atoms with Crippen LogP contribution in [-0.2, 0) is 11.2 Å². The van der Waals surface area contributed by atoms with Crippen molar-refractivity contribution in [3.05, 3.63) is 108 Å². The van der Waals surface area contributed by atoms with Gasteiger partial charge in [-0.05, 0) is 48.4 Å². The van der Waals surface area contributed by atoms with Gasteiger partial charge in [-0.3, -0.25) is 0 Å². The van der Waals surface area contributed by atoms with Gasteiger partial charge in [0.05, 0.1) is 12.8 Å². The second kappa shape index (κ2) is 9.97. The lowest BCUT2D eigenvalue weighted by atomic mass is 10.1. The van der Waals surface area contributed by atoms with Gasteiger partial charge in [-0.1, -0.05) is 60.7 Å². The molecule has 0 atom stereocenters. The highest BCUT2D eigenvalue weighted by Gasteiger charge is 2.04. The molecule has 0 saturated heterocycles. The van der Waals surface area contributed by atoms with Crippen LogP contribution in [0.4, 0.5) is 5.69 Å². The fourth-order valence-corrected chi connectivity index (χ4v) is 2.56. The molecule has 0 bridgehead atoms. The van der Waals surface area contributed by atoms with E-state index in [-0.39, 0.29) is 0 Å². The summed E-state index contributed by atoms with van der Waals surface area (Å²) in [5.41, 5.74) is 3.05. The molecule has 0 N–H and O–H groups in total. The van der Waals surface area contributed by atoms with Crippen molar-refractivity contribution >= 4 is 11.6 Å². The van der Waals surface area contributed by atoms with Crippen molar-refractivity contribution in [3.8, 4) is 5.75 Å². The van der Waals surface area contributed by atoms with Crippen LogP contribution in [0.15, 0.2) is 102 Å². The number of rotatable bonds is 7. The van der Waals surface area contributed by atoms with Gasteiger partial charge < -0.3 is 9.47 Å². The van der Waals surface area contributed by atoms with Gasteiger partial charge in [-0.2, -0.15) is 0 Å². The van der Waals surface area contributed by atoms with Crippen LogP contribution in [0.25, 0.3) is 0 Å². The number of benzene rings is 3. The first-order valence-electron chi connectivity index (χ1n) is 8.95. The third-order valence-corrected chi connectivity index (χ3v) is 4.00. The van der Waals surface area contributed by atoms with Crippen molar-refractivity contribution in [1.29, 1.82) is 0 Å². The van der Waals surface area contributed by atoms with Crippen LogP contribution < -0.4 is 4.74 Å². The number of ether oxygens (including phenoxy) is 2. The van der Waals surface area contributed by atoms with E-state index < -0.39 is 0 Å². The molecule has 0 aliphatic rings. The quantitative estimate of drug-likeness (QED) is 0.313. The summed E-state index contributed by atoms with van der Waals surface area (Å²) >= 11 is 0. The van der Waals surface area contributed by atoms with Gasteiger partial charge >= 0.3 is 0 Å². The SMILES string of the molecule is COc1ccc(N=C(OC/C=C\Cc2ccccc2)c2ccccc2)cc1. The summed E-state index contributed by atoms with van der Waals surface area (Å²) in [5, 5.41) is 0. The molecule has 0 radical (unpaired) electrons. The first kappa shape index (κ1) is 18.5. The average molecular weight is 357 g/mol. The number of methoxy groups -OCH3 is 1. The Morgan fingerprint density at radius 3 is 2.15 bits per heavy atom. The molecule has 0 amide bonds. The third kappa shape index (κ3) is 5.86. The van der Waals surface area contributed by atoms with E-state index in [1.807, 2.05) is 66.7 Å². The minimum Gasteiger partial charge on any atom is -0.497 e. The summed E-state index contributed by atoms with van der Waals surface area (Å²) in [7, 11) is 1.65. The molecule has 0 spiro atoms. The highest BCUT2D eigenvalue weighted by Crippen LogP contribution is 2.19. The van der Waals surface area contributed by atoms with Crippen molar-refractivity contribution in [2.24, 2.45) is 4.99 Å². The van der Waals surface area contributed by atoms with Gasteiger partial charge in [-0.15, -0.1) is 0 Å². The normalized spacial score (nSPS) is 11.5. The summed E-state index contributed by atoms with van der Waals surface area (Å²) in [4.78, 5) is 4.67. The van der Waals surface area contributed by atoms with Crippen LogP contribution >= 0.6 is 0 Å². The highest BCUT2D eigenvalue weighted by atomic mass is 16.5. The van der Waals surface area contributed by atoms with E-state index in [4.69, 9.17) is 9.47 Å². The average Bonchev–Trinajstić information content (AvgIpc) is 2.74. The van der Waals surface area contributed by atoms with Crippen molar-refractivity contribution in [1.82, 2.24) is 0 Å². The van der Waals surface area contributed by atoms with E-state index in [1.54, 1.807) is 7.11 Å². The lowest BCUT2D eigenvalue weighted by Gasteiger charge is -2.08. The molecule has 0 fully saturated rings. The fourth-order valence-electron chi connectivity index (χ4n) is 2.56. The predicted octanol–water partition coefficient (Wildman–Crippen LogP) is 5.59. The number of hydrogen-bond donors (Lipinski definition) is 0. The minimum absolute atomic E-state index is 0.469. The maximum atomic E-state index is 5.96. The summed E-state index contributed by atoms with van der Waals surface area (Å²) < 4.78 is 11.2. The Balaban J connectivity index is 1.68. The lowest BCUT2D eigenvalue weighted by molar-refractivity contribution is 0.351.